The predicted molar refractivity (Wildman–Crippen MR) is 144 cm³/mol. The highest BCUT2D eigenvalue weighted by atomic mass is 79.9. The lowest BCUT2D eigenvalue weighted by molar-refractivity contribution is -0.200. The fourth-order valence-electron chi connectivity index (χ4n) is 8.57. The van der Waals surface area contributed by atoms with Crippen molar-refractivity contribution >= 4 is 27.6 Å². The van der Waals surface area contributed by atoms with Crippen molar-refractivity contribution in [1.29, 1.82) is 0 Å². The van der Waals surface area contributed by atoms with Gasteiger partial charge in [0.05, 0.1) is 18.4 Å². The molecule has 1 N–H and O–H groups in total. The zero-order valence-corrected chi connectivity index (χ0v) is 23.1. The number of benzene rings is 2. The third-order valence-corrected chi connectivity index (χ3v) is 10.6. The number of rotatable bonds is 5. The summed E-state index contributed by atoms with van der Waals surface area (Å²) in [4.78, 5) is 2.54. The fourth-order valence-corrected chi connectivity index (χ4v) is 8.83. The number of fused-ring (bicyclic) bond motifs is 1. The first-order chi connectivity index (χ1) is 18.5. The van der Waals surface area contributed by atoms with E-state index in [9.17, 15) is 0 Å². The molecule has 196 valence electrons. The Balaban J connectivity index is 1.27. The van der Waals surface area contributed by atoms with E-state index in [1.807, 2.05) is 24.3 Å². The summed E-state index contributed by atoms with van der Waals surface area (Å²) in [5.74, 6) is 2.10. The Labute approximate surface area is 229 Å². The first-order valence-corrected chi connectivity index (χ1v) is 13.9. The number of nitrogens with one attached hydrogen (secondary N) is 1. The molecule has 9 heteroatoms. The van der Waals surface area contributed by atoms with Crippen LogP contribution in [-0.2, 0) is 16.6 Å². The number of nitrogens with zero attached hydrogens (tertiary/aromatic N) is 3. The average Bonchev–Trinajstić information content (AvgIpc) is 3.55. The van der Waals surface area contributed by atoms with Crippen molar-refractivity contribution in [2.75, 3.05) is 33.1 Å². The van der Waals surface area contributed by atoms with Gasteiger partial charge in [-0.15, -0.1) is 5.10 Å². The molecule has 6 aliphatic rings. The van der Waals surface area contributed by atoms with Crippen molar-refractivity contribution in [2.24, 2.45) is 5.41 Å². The van der Waals surface area contributed by atoms with Crippen LogP contribution in [0.4, 0.5) is 11.7 Å². The van der Waals surface area contributed by atoms with Gasteiger partial charge in [0.1, 0.15) is 11.7 Å². The quantitative estimate of drug-likeness (QED) is 0.426. The van der Waals surface area contributed by atoms with Crippen LogP contribution in [-0.4, -0.2) is 60.7 Å². The number of anilines is 2. The highest BCUT2D eigenvalue weighted by Crippen LogP contribution is 2.75. The van der Waals surface area contributed by atoms with Crippen LogP contribution in [0.1, 0.15) is 35.8 Å². The van der Waals surface area contributed by atoms with Crippen LogP contribution in [0.3, 0.4) is 0 Å². The van der Waals surface area contributed by atoms with E-state index in [2.05, 4.69) is 67.7 Å². The van der Waals surface area contributed by atoms with E-state index < -0.39 is 5.60 Å². The first-order valence-electron chi connectivity index (χ1n) is 13.1. The first kappa shape index (κ1) is 23.0. The smallest absolute Gasteiger partial charge is 0.320 e. The summed E-state index contributed by atoms with van der Waals surface area (Å²) in [7, 11) is 5.76. The van der Waals surface area contributed by atoms with Gasteiger partial charge in [0.15, 0.2) is 11.5 Å². The summed E-state index contributed by atoms with van der Waals surface area (Å²) in [5.41, 5.74) is 2.49. The molecule has 3 heterocycles. The van der Waals surface area contributed by atoms with Gasteiger partial charge in [-0.2, -0.15) is 0 Å². The van der Waals surface area contributed by atoms with Gasteiger partial charge in [-0.1, -0.05) is 39.2 Å². The third-order valence-electron chi connectivity index (χ3n) is 10.1. The Kier molecular flexibility index (Phi) is 4.62. The minimum Gasteiger partial charge on any atom is -0.493 e. The van der Waals surface area contributed by atoms with E-state index in [1.165, 1.54) is 11.1 Å². The van der Waals surface area contributed by atoms with Crippen LogP contribution in [0, 0.1) is 5.41 Å². The monoisotopic (exact) mass is 576 g/mol. The molecule has 1 saturated carbocycles. The molecule has 9 rings (SSSR count). The topological polar surface area (TPSA) is 81.9 Å². The number of halogens is 1. The van der Waals surface area contributed by atoms with E-state index >= 15 is 0 Å². The van der Waals surface area contributed by atoms with Gasteiger partial charge in [0.2, 0.25) is 5.89 Å². The number of hydrogen-bond acceptors (Lipinski definition) is 8. The van der Waals surface area contributed by atoms with Crippen molar-refractivity contribution in [2.45, 2.75) is 48.3 Å². The number of aromatic nitrogens is 2. The highest BCUT2D eigenvalue weighted by molar-refractivity contribution is 9.10. The van der Waals surface area contributed by atoms with Crippen LogP contribution in [0.5, 0.6) is 11.5 Å². The van der Waals surface area contributed by atoms with Crippen LogP contribution < -0.4 is 14.8 Å². The Morgan fingerprint density at radius 1 is 1.11 bits per heavy atom. The van der Waals surface area contributed by atoms with E-state index in [0.717, 1.165) is 47.5 Å². The Hall–Kier alpha value is -2.88. The molecule has 0 amide bonds. The molecule has 4 bridgehead atoms. The summed E-state index contributed by atoms with van der Waals surface area (Å²) in [6.45, 7) is 1.02. The van der Waals surface area contributed by atoms with Crippen LogP contribution in [0.15, 0.2) is 57.4 Å². The predicted octanol–water partition coefficient (Wildman–Crippen LogP) is 4.97. The Morgan fingerprint density at radius 2 is 1.95 bits per heavy atom. The number of piperidine rings is 1. The number of methoxy groups -OCH3 is 2. The zero-order valence-electron chi connectivity index (χ0n) is 21.5. The molecule has 2 aromatic carbocycles. The Morgan fingerprint density at radius 3 is 2.74 bits per heavy atom. The largest absolute Gasteiger partial charge is 0.493 e. The number of likely N-dealkylation sites (N-methyl/N-ethyl adjacent to an activating group) is 1. The van der Waals surface area contributed by atoms with E-state index in [-0.39, 0.29) is 22.9 Å². The van der Waals surface area contributed by atoms with Gasteiger partial charge < -0.3 is 28.8 Å². The van der Waals surface area contributed by atoms with E-state index in [0.29, 0.717) is 17.9 Å². The minimum absolute atomic E-state index is 0.145. The van der Waals surface area contributed by atoms with Crippen LogP contribution in [0.25, 0.3) is 0 Å². The Bertz CT molecular complexity index is 1490. The SMILES string of the molecule is COc1ccc2c3c1O[C@H]1[C@@]4(OC)C=C[C@@]5(C[C@@H]4c4nnc(Nc6ccc(Br)cc6)o4)[C@@H](C2)N(C)CC[C@]315. The highest BCUT2D eigenvalue weighted by Gasteiger charge is 2.79. The molecule has 2 spiro atoms. The van der Waals surface area contributed by atoms with Gasteiger partial charge in [-0.05, 0) is 68.8 Å². The summed E-state index contributed by atoms with van der Waals surface area (Å²) in [5, 5.41) is 12.2. The van der Waals surface area contributed by atoms with E-state index in [4.69, 9.17) is 18.6 Å². The van der Waals surface area contributed by atoms with Crippen molar-refractivity contribution in [3.05, 3.63) is 70.0 Å². The maximum absolute atomic E-state index is 6.99. The molecule has 1 aromatic heterocycles. The van der Waals surface area contributed by atoms with Crippen molar-refractivity contribution in [1.82, 2.24) is 15.1 Å². The number of likely N-dealkylation sites (tertiary alicyclic amines) is 1. The van der Waals surface area contributed by atoms with Gasteiger partial charge in [0, 0.05) is 34.3 Å². The maximum Gasteiger partial charge on any atom is 0.320 e. The van der Waals surface area contributed by atoms with Crippen molar-refractivity contribution in [3.63, 3.8) is 0 Å². The third kappa shape index (κ3) is 2.58. The van der Waals surface area contributed by atoms with Crippen LogP contribution in [0.2, 0.25) is 0 Å². The summed E-state index contributed by atoms with van der Waals surface area (Å²) in [6.07, 6.45) is 7.29. The molecular weight excluding hydrogens is 548 g/mol. The zero-order chi connectivity index (χ0) is 25.9. The molecule has 2 fully saturated rings. The standard InChI is InChI=1S/C29H29BrN4O4/c1-34-13-12-28-22-16-4-9-20(35-2)23(22)37-25(28)29(36-3)11-10-27(28,21(34)14-16)15-19(29)24-32-33-26(38-24)31-18-7-5-17(30)6-8-18/h4-11,19,21,25H,12-15H2,1-3H3,(H,31,33)/t19-,21-,25-,27-,28+,29-/m1/s1. The molecule has 1 saturated heterocycles. The molecule has 0 unspecified atom stereocenters. The molecule has 2 aliphatic heterocycles. The lowest BCUT2D eigenvalue weighted by Crippen LogP contribution is -2.78. The van der Waals surface area contributed by atoms with Gasteiger partial charge >= 0.3 is 6.01 Å². The second-order valence-corrected chi connectivity index (χ2v) is 12.2. The number of hydrogen-bond donors (Lipinski definition) is 1. The van der Waals surface area contributed by atoms with E-state index in [1.54, 1.807) is 14.2 Å². The van der Waals surface area contributed by atoms with Crippen molar-refractivity contribution in [3.8, 4) is 11.5 Å². The summed E-state index contributed by atoms with van der Waals surface area (Å²) >= 11 is 3.48. The molecule has 3 aromatic rings. The second-order valence-electron chi connectivity index (χ2n) is 11.3. The van der Waals surface area contributed by atoms with Gasteiger partial charge in [0.25, 0.3) is 0 Å². The van der Waals surface area contributed by atoms with Gasteiger partial charge in [-0.3, -0.25) is 0 Å². The lowest BCUT2D eigenvalue weighted by atomic mass is 9.37. The molecule has 0 radical (unpaired) electrons. The molecular formula is C29H29BrN4O4. The summed E-state index contributed by atoms with van der Waals surface area (Å²) < 4.78 is 26.6. The number of ether oxygens (including phenoxy) is 3. The molecule has 6 atom stereocenters. The molecule has 38 heavy (non-hydrogen) atoms. The summed E-state index contributed by atoms with van der Waals surface area (Å²) in [6, 6.07) is 12.9. The van der Waals surface area contributed by atoms with Gasteiger partial charge in [-0.25, -0.2) is 0 Å². The van der Waals surface area contributed by atoms with Crippen LogP contribution >= 0.6 is 15.9 Å². The fraction of sp³-hybridized carbons (Fsp3) is 0.448. The molecule has 8 nitrogen and oxygen atoms in total. The lowest BCUT2D eigenvalue weighted by Gasteiger charge is -2.70. The van der Waals surface area contributed by atoms with Crippen molar-refractivity contribution < 1.29 is 18.6 Å². The average molecular weight is 577 g/mol. The normalized spacial score (nSPS) is 35.6. The maximum atomic E-state index is 6.99. The minimum atomic E-state index is -0.748. The molecule has 4 aliphatic carbocycles. The second kappa shape index (κ2) is 7.61.